The van der Waals surface area contributed by atoms with Gasteiger partial charge in [-0.15, -0.1) is 11.3 Å². The molecule has 6 heteroatoms. The van der Waals surface area contributed by atoms with Crippen molar-refractivity contribution in [3.8, 4) is 5.75 Å². The van der Waals surface area contributed by atoms with Crippen molar-refractivity contribution in [3.05, 3.63) is 45.6 Å². The molecule has 2 N–H and O–H groups in total. The van der Waals surface area contributed by atoms with E-state index in [1.54, 1.807) is 23.5 Å². The van der Waals surface area contributed by atoms with Gasteiger partial charge in [-0.05, 0) is 43.2 Å². The van der Waals surface area contributed by atoms with Crippen molar-refractivity contribution >= 4 is 28.8 Å². The fraction of sp³-hybridized carbons (Fsp3) is 0.294. The van der Waals surface area contributed by atoms with E-state index >= 15 is 0 Å². The lowest BCUT2D eigenvalue weighted by Gasteiger charge is -2.10. The maximum atomic E-state index is 12.0. The van der Waals surface area contributed by atoms with Crippen molar-refractivity contribution in [2.24, 2.45) is 0 Å². The molecule has 0 fully saturated rings. The summed E-state index contributed by atoms with van der Waals surface area (Å²) in [6.45, 7) is 4.33. The molecule has 0 spiro atoms. The van der Waals surface area contributed by atoms with E-state index in [4.69, 9.17) is 4.74 Å². The summed E-state index contributed by atoms with van der Waals surface area (Å²) in [4.78, 5) is 26.2. The maximum absolute atomic E-state index is 12.0. The van der Waals surface area contributed by atoms with Crippen LogP contribution < -0.4 is 15.4 Å². The van der Waals surface area contributed by atoms with Gasteiger partial charge in [0.05, 0.1) is 19.3 Å². The molecule has 122 valence electrons. The number of aryl methyl sites for hydroxylation is 2. The van der Waals surface area contributed by atoms with Crippen molar-refractivity contribution in [2.75, 3.05) is 12.4 Å². The SMILES string of the molecule is CCc1ccc(CNC(=O)C(=O)Nc2cc(C)ccc2OC)s1. The largest absolute Gasteiger partial charge is 0.495 e. The Labute approximate surface area is 139 Å². The Morgan fingerprint density at radius 3 is 2.52 bits per heavy atom. The Morgan fingerprint density at radius 2 is 1.87 bits per heavy atom. The van der Waals surface area contributed by atoms with E-state index in [0.717, 1.165) is 16.9 Å². The highest BCUT2D eigenvalue weighted by atomic mass is 32.1. The molecule has 1 heterocycles. The molecule has 0 bridgehead atoms. The summed E-state index contributed by atoms with van der Waals surface area (Å²) in [6, 6.07) is 9.38. The third-order valence-corrected chi connectivity index (χ3v) is 4.53. The van der Waals surface area contributed by atoms with E-state index in [2.05, 4.69) is 17.6 Å². The smallest absolute Gasteiger partial charge is 0.313 e. The molecule has 0 aliphatic rings. The van der Waals surface area contributed by atoms with Crippen LogP contribution in [0, 0.1) is 6.92 Å². The van der Waals surface area contributed by atoms with E-state index in [9.17, 15) is 9.59 Å². The van der Waals surface area contributed by atoms with Crippen LogP contribution >= 0.6 is 11.3 Å². The lowest BCUT2D eigenvalue weighted by molar-refractivity contribution is -0.136. The van der Waals surface area contributed by atoms with Gasteiger partial charge < -0.3 is 15.4 Å². The topological polar surface area (TPSA) is 67.4 Å². The number of carbonyl (C=O) groups is 2. The molecule has 1 aromatic heterocycles. The number of hydrogen-bond acceptors (Lipinski definition) is 4. The number of ether oxygens (including phenoxy) is 1. The molecular formula is C17H20N2O3S. The third kappa shape index (κ3) is 4.56. The van der Waals surface area contributed by atoms with Crippen LogP contribution in [0.15, 0.2) is 30.3 Å². The summed E-state index contributed by atoms with van der Waals surface area (Å²) >= 11 is 1.63. The molecule has 0 radical (unpaired) electrons. The van der Waals surface area contributed by atoms with Crippen LogP contribution in [0.5, 0.6) is 5.75 Å². The van der Waals surface area contributed by atoms with Crippen LogP contribution in [0.4, 0.5) is 5.69 Å². The standard InChI is InChI=1S/C17H20N2O3S/c1-4-12-6-7-13(23-12)10-18-16(20)17(21)19-14-9-11(2)5-8-15(14)22-3/h5-9H,4,10H2,1-3H3,(H,18,20)(H,19,21). The molecule has 0 unspecified atom stereocenters. The van der Waals surface area contributed by atoms with Gasteiger partial charge in [-0.25, -0.2) is 0 Å². The van der Waals surface area contributed by atoms with Crippen LogP contribution in [0.2, 0.25) is 0 Å². The van der Waals surface area contributed by atoms with Gasteiger partial charge in [0.1, 0.15) is 5.75 Å². The molecule has 2 aromatic rings. The van der Waals surface area contributed by atoms with Crippen LogP contribution in [0.25, 0.3) is 0 Å². The average Bonchev–Trinajstić information content (AvgIpc) is 3.01. The first kappa shape index (κ1) is 17.0. The van der Waals surface area contributed by atoms with Crippen molar-refractivity contribution in [2.45, 2.75) is 26.8 Å². The molecule has 0 saturated carbocycles. The number of thiophene rings is 1. The average molecular weight is 332 g/mol. The fourth-order valence-corrected chi connectivity index (χ4v) is 2.95. The van der Waals surface area contributed by atoms with Crippen molar-refractivity contribution < 1.29 is 14.3 Å². The lowest BCUT2D eigenvalue weighted by Crippen LogP contribution is -2.34. The molecule has 2 amide bonds. The van der Waals surface area contributed by atoms with Gasteiger partial charge in [0, 0.05) is 9.75 Å². The van der Waals surface area contributed by atoms with Crippen molar-refractivity contribution in [3.63, 3.8) is 0 Å². The summed E-state index contributed by atoms with van der Waals surface area (Å²) in [5.74, 6) is -0.858. The molecule has 1 aromatic carbocycles. The zero-order valence-electron chi connectivity index (χ0n) is 13.4. The maximum Gasteiger partial charge on any atom is 0.313 e. The second kappa shape index (κ2) is 7.78. The lowest BCUT2D eigenvalue weighted by atomic mass is 10.2. The number of methoxy groups -OCH3 is 1. The highest BCUT2D eigenvalue weighted by molar-refractivity contribution is 7.11. The summed E-state index contributed by atoms with van der Waals surface area (Å²) < 4.78 is 5.18. The van der Waals surface area contributed by atoms with E-state index in [-0.39, 0.29) is 0 Å². The first-order valence-electron chi connectivity index (χ1n) is 7.35. The zero-order chi connectivity index (χ0) is 16.8. The second-order valence-electron chi connectivity index (χ2n) is 5.06. The van der Waals surface area contributed by atoms with E-state index < -0.39 is 11.8 Å². The van der Waals surface area contributed by atoms with Crippen LogP contribution in [0.1, 0.15) is 22.2 Å². The van der Waals surface area contributed by atoms with E-state index in [0.29, 0.717) is 18.0 Å². The summed E-state index contributed by atoms with van der Waals surface area (Å²) in [7, 11) is 1.52. The van der Waals surface area contributed by atoms with Crippen LogP contribution in [-0.4, -0.2) is 18.9 Å². The summed E-state index contributed by atoms with van der Waals surface area (Å²) in [5, 5.41) is 5.21. The molecule has 0 saturated heterocycles. The Bertz CT molecular complexity index is 710. The Morgan fingerprint density at radius 1 is 1.13 bits per heavy atom. The molecule has 0 atom stereocenters. The minimum atomic E-state index is -0.707. The highest BCUT2D eigenvalue weighted by Gasteiger charge is 2.16. The Balaban J connectivity index is 1.95. The minimum absolute atomic E-state index is 0.349. The van der Waals surface area contributed by atoms with Gasteiger partial charge in [-0.2, -0.15) is 0 Å². The predicted molar refractivity (Wildman–Crippen MR) is 91.9 cm³/mol. The molecule has 5 nitrogen and oxygen atoms in total. The zero-order valence-corrected chi connectivity index (χ0v) is 14.3. The Kier molecular flexibility index (Phi) is 5.76. The number of hydrogen-bond donors (Lipinski definition) is 2. The highest BCUT2D eigenvalue weighted by Crippen LogP contribution is 2.25. The van der Waals surface area contributed by atoms with Crippen LogP contribution in [0.3, 0.4) is 0 Å². The first-order valence-corrected chi connectivity index (χ1v) is 8.16. The normalized spacial score (nSPS) is 10.2. The molecule has 2 rings (SSSR count). The summed E-state index contributed by atoms with van der Waals surface area (Å²) in [5.41, 5.74) is 1.45. The molecule has 0 aliphatic heterocycles. The summed E-state index contributed by atoms with van der Waals surface area (Å²) in [6.07, 6.45) is 0.965. The fourth-order valence-electron chi connectivity index (χ4n) is 2.05. The number of rotatable bonds is 5. The number of anilines is 1. The monoisotopic (exact) mass is 332 g/mol. The van der Waals surface area contributed by atoms with E-state index in [1.807, 2.05) is 25.1 Å². The van der Waals surface area contributed by atoms with Crippen LogP contribution in [-0.2, 0) is 22.6 Å². The van der Waals surface area contributed by atoms with Gasteiger partial charge in [0.2, 0.25) is 0 Å². The van der Waals surface area contributed by atoms with Crippen molar-refractivity contribution in [1.82, 2.24) is 5.32 Å². The molecule has 0 aliphatic carbocycles. The number of benzene rings is 1. The predicted octanol–water partition coefficient (Wildman–Crippen LogP) is 2.88. The minimum Gasteiger partial charge on any atom is -0.495 e. The van der Waals surface area contributed by atoms with Gasteiger partial charge in [-0.1, -0.05) is 13.0 Å². The second-order valence-corrected chi connectivity index (χ2v) is 6.31. The third-order valence-electron chi connectivity index (χ3n) is 3.30. The van der Waals surface area contributed by atoms with Gasteiger partial charge in [0.15, 0.2) is 0 Å². The first-order chi connectivity index (χ1) is 11.0. The number of nitrogens with one attached hydrogen (secondary N) is 2. The molecule has 23 heavy (non-hydrogen) atoms. The Hall–Kier alpha value is -2.34. The van der Waals surface area contributed by atoms with Crippen molar-refractivity contribution in [1.29, 1.82) is 0 Å². The number of amides is 2. The quantitative estimate of drug-likeness (QED) is 0.827. The van der Waals surface area contributed by atoms with Gasteiger partial charge in [-0.3, -0.25) is 9.59 Å². The van der Waals surface area contributed by atoms with Gasteiger partial charge in [0.25, 0.3) is 0 Å². The molecular weight excluding hydrogens is 312 g/mol. The van der Waals surface area contributed by atoms with E-state index in [1.165, 1.54) is 12.0 Å². The number of carbonyl (C=O) groups excluding carboxylic acids is 2. The van der Waals surface area contributed by atoms with Gasteiger partial charge >= 0.3 is 11.8 Å².